The highest BCUT2D eigenvalue weighted by Crippen LogP contribution is 2.35. The maximum Gasteiger partial charge on any atom is 0.434 e. The highest BCUT2D eigenvalue weighted by Gasteiger charge is 2.41. The fourth-order valence-electron chi connectivity index (χ4n) is 3.62. The van der Waals surface area contributed by atoms with E-state index in [9.17, 15) is 22.8 Å². The molecule has 0 atom stereocenters. The number of aromatic amines is 2. The molecular formula is C22H13ClF3N7O2. The molecule has 0 aliphatic heterocycles. The first-order valence-corrected chi connectivity index (χ1v) is 10.4. The average Bonchev–Trinajstić information content (AvgIpc) is 3.45. The van der Waals surface area contributed by atoms with Crippen LogP contribution in [0.5, 0.6) is 0 Å². The summed E-state index contributed by atoms with van der Waals surface area (Å²) >= 11 is 6.22. The van der Waals surface area contributed by atoms with Crippen LogP contribution < -0.4 is 11.0 Å². The minimum absolute atomic E-state index is 0.112. The lowest BCUT2D eigenvalue weighted by molar-refractivity contribution is -0.143. The summed E-state index contributed by atoms with van der Waals surface area (Å²) < 4.78 is 43.0. The predicted molar refractivity (Wildman–Crippen MR) is 121 cm³/mol. The summed E-state index contributed by atoms with van der Waals surface area (Å²) in [6.45, 7) is 0. The van der Waals surface area contributed by atoms with Crippen LogP contribution >= 0.6 is 11.6 Å². The fraction of sp³-hybridized carbons (Fsp3) is 0.0455. The molecule has 9 nitrogen and oxygen atoms in total. The number of aromatic nitrogens is 6. The number of alkyl halides is 3. The summed E-state index contributed by atoms with van der Waals surface area (Å²) in [5, 5.41) is 12.8. The number of hydrogen-bond acceptors (Lipinski definition) is 5. The second kappa shape index (κ2) is 8.40. The van der Waals surface area contributed by atoms with Gasteiger partial charge in [0.2, 0.25) is 0 Å². The van der Waals surface area contributed by atoms with Crippen molar-refractivity contribution in [3.8, 4) is 17.1 Å². The summed E-state index contributed by atoms with van der Waals surface area (Å²) in [5.74, 6) is -0.859. The molecule has 13 heteroatoms. The maximum atomic E-state index is 14.1. The smallest absolute Gasteiger partial charge is 0.322 e. The molecular weight excluding hydrogens is 487 g/mol. The van der Waals surface area contributed by atoms with E-state index in [0.717, 1.165) is 6.20 Å². The molecule has 0 aliphatic rings. The van der Waals surface area contributed by atoms with E-state index in [2.05, 4.69) is 30.6 Å². The Morgan fingerprint density at radius 1 is 1.11 bits per heavy atom. The Bertz CT molecular complexity index is 1630. The Morgan fingerprint density at radius 3 is 2.66 bits per heavy atom. The Labute approximate surface area is 198 Å². The van der Waals surface area contributed by atoms with E-state index in [1.165, 1.54) is 30.5 Å². The Balaban J connectivity index is 1.52. The van der Waals surface area contributed by atoms with Crippen molar-refractivity contribution >= 4 is 34.1 Å². The van der Waals surface area contributed by atoms with Gasteiger partial charge in [-0.2, -0.15) is 23.4 Å². The molecule has 5 rings (SSSR count). The van der Waals surface area contributed by atoms with E-state index >= 15 is 0 Å². The number of hydrogen-bond donors (Lipinski definition) is 3. The molecule has 0 aliphatic carbocycles. The second-order valence-corrected chi connectivity index (χ2v) is 7.75. The molecule has 0 spiro atoms. The third-order valence-electron chi connectivity index (χ3n) is 5.12. The summed E-state index contributed by atoms with van der Waals surface area (Å²) in [4.78, 5) is 30.7. The number of benzene rings is 2. The van der Waals surface area contributed by atoms with Crippen LogP contribution in [0, 0.1) is 0 Å². The number of fused-ring (bicyclic) bond motifs is 1. The molecule has 0 saturated carbocycles. The van der Waals surface area contributed by atoms with Gasteiger partial charge in [-0.25, -0.2) is 14.6 Å². The normalized spacial score (nSPS) is 11.7. The Kier molecular flexibility index (Phi) is 5.36. The van der Waals surface area contributed by atoms with Gasteiger partial charge in [-0.1, -0.05) is 17.7 Å². The number of pyridine rings is 1. The van der Waals surface area contributed by atoms with E-state index in [1.807, 2.05) is 0 Å². The van der Waals surface area contributed by atoms with Gasteiger partial charge in [-0.05, 0) is 42.5 Å². The van der Waals surface area contributed by atoms with E-state index in [1.54, 1.807) is 24.3 Å². The molecule has 0 bridgehead atoms. The number of nitrogens with one attached hydrogen (secondary N) is 3. The fourth-order valence-corrected chi connectivity index (χ4v) is 3.89. The quantitative estimate of drug-likeness (QED) is 0.338. The maximum absolute atomic E-state index is 14.1. The summed E-state index contributed by atoms with van der Waals surface area (Å²) in [7, 11) is 0. The monoisotopic (exact) mass is 499 g/mol. The van der Waals surface area contributed by atoms with Gasteiger partial charge in [0.05, 0.1) is 28.0 Å². The SMILES string of the molecule is O=C(Nc1ccc(-c2n[nH]c(=O)[nH]2)c(Cl)c1)c1cnn(-c2cccc3ncccc23)c1C(F)(F)F. The molecule has 5 aromatic rings. The minimum atomic E-state index is -4.89. The molecule has 0 unspecified atom stereocenters. The topological polar surface area (TPSA) is 121 Å². The van der Waals surface area contributed by atoms with Crippen molar-refractivity contribution in [3.63, 3.8) is 0 Å². The molecule has 3 heterocycles. The number of nitrogens with zero attached hydrogens (tertiary/aromatic N) is 4. The molecule has 0 radical (unpaired) electrons. The lowest BCUT2D eigenvalue weighted by atomic mass is 10.1. The van der Waals surface area contributed by atoms with Gasteiger partial charge in [0.25, 0.3) is 5.91 Å². The number of anilines is 1. The van der Waals surface area contributed by atoms with E-state index in [4.69, 9.17) is 11.6 Å². The zero-order chi connectivity index (χ0) is 24.7. The van der Waals surface area contributed by atoms with Crippen molar-refractivity contribution in [3.05, 3.63) is 87.7 Å². The summed E-state index contributed by atoms with van der Waals surface area (Å²) in [6, 6.07) is 12.1. The van der Waals surface area contributed by atoms with Crippen molar-refractivity contribution < 1.29 is 18.0 Å². The van der Waals surface area contributed by atoms with Crippen LogP contribution in [0.2, 0.25) is 5.02 Å². The van der Waals surface area contributed by atoms with Crippen LogP contribution in [0.25, 0.3) is 28.0 Å². The van der Waals surface area contributed by atoms with Gasteiger partial charge in [0.1, 0.15) is 0 Å². The zero-order valence-electron chi connectivity index (χ0n) is 17.4. The standard InChI is InChI=1S/C22H13ClF3N7O2/c23-15-9-11(6-7-12(15)19-30-21(35)32-31-19)29-20(34)14-10-28-33(18(14)22(24,25)26)17-5-1-4-16-13(17)3-2-8-27-16/h1-10H,(H,29,34)(H2,30,31,32,35). The highest BCUT2D eigenvalue weighted by atomic mass is 35.5. The number of amides is 1. The zero-order valence-corrected chi connectivity index (χ0v) is 18.1. The van der Waals surface area contributed by atoms with Crippen LogP contribution in [0.4, 0.5) is 18.9 Å². The molecule has 3 N–H and O–H groups in total. The molecule has 0 fully saturated rings. The van der Waals surface area contributed by atoms with Gasteiger partial charge < -0.3 is 5.32 Å². The van der Waals surface area contributed by atoms with Crippen LogP contribution in [0.15, 0.2) is 65.7 Å². The third kappa shape index (κ3) is 4.15. The van der Waals surface area contributed by atoms with E-state index in [-0.39, 0.29) is 22.2 Å². The highest BCUT2D eigenvalue weighted by molar-refractivity contribution is 6.33. The summed E-state index contributed by atoms with van der Waals surface area (Å²) in [5.41, 5.74) is -1.34. The molecule has 35 heavy (non-hydrogen) atoms. The average molecular weight is 500 g/mol. The van der Waals surface area contributed by atoms with Gasteiger partial charge in [-0.15, -0.1) is 0 Å². The molecule has 3 aromatic heterocycles. The van der Waals surface area contributed by atoms with Crippen molar-refractivity contribution in [1.82, 2.24) is 29.9 Å². The number of halogens is 4. The van der Waals surface area contributed by atoms with Crippen LogP contribution in [0.1, 0.15) is 16.1 Å². The molecule has 0 saturated heterocycles. The molecule has 176 valence electrons. The lowest BCUT2D eigenvalue weighted by Crippen LogP contribution is -2.20. The van der Waals surface area contributed by atoms with Crippen molar-refractivity contribution in [2.45, 2.75) is 6.18 Å². The van der Waals surface area contributed by atoms with E-state index in [0.29, 0.717) is 21.1 Å². The minimum Gasteiger partial charge on any atom is -0.322 e. The second-order valence-electron chi connectivity index (χ2n) is 7.34. The van der Waals surface area contributed by atoms with Crippen LogP contribution in [0.3, 0.4) is 0 Å². The van der Waals surface area contributed by atoms with Crippen LogP contribution in [-0.2, 0) is 6.18 Å². The number of H-pyrrole nitrogens is 2. The predicted octanol–water partition coefficient (Wildman–Crippen LogP) is 4.42. The van der Waals surface area contributed by atoms with Crippen LogP contribution in [-0.4, -0.2) is 35.9 Å². The number of rotatable bonds is 4. The molecule has 1 amide bonds. The van der Waals surface area contributed by atoms with E-state index < -0.39 is 29.0 Å². The van der Waals surface area contributed by atoms with Crippen molar-refractivity contribution in [1.29, 1.82) is 0 Å². The van der Waals surface area contributed by atoms with Gasteiger partial charge in [-0.3, -0.25) is 14.8 Å². The Morgan fingerprint density at radius 2 is 1.94 bits per heavy atom. The number of carbonyl (C=O) groups is 1. The first kappa shape index (κ1) is 22.3. The van der Waals surface area contributed by atoms with Crippen molar-refractivity contribution in [2.24, 2.45) is 0 Å². The first-order chi connectivity index (χ1) is 16.7. The lowest BCUT2D eigenvalue weighted by Gasteiger charge is -2.14. The largest absolute Gasteiger partial charge is 0.434 e. The first-order valence-electron chi connectivity index (χ1n) is 9.97. The number of carbonyl (C=O) groups excluding carboxylic acids is 1. The summed E-state index contributed by atoms with van der Waals surface area (Å²) in [6.07, 6.45) is -2.50. The van der Waals surface area contributed by atoms with Gasteiger partial charge >= 0.3 is 11.9 Å². The Hall–Kier alpha value is -4.45. The molecule has 2 aromatic carbocycles. The third-order valence-corrected chi connectivity index (χ3v) is 5.43. The van der Waals surface area contributed by atoms with Gasteiger partial charge in [0, 0.05) is 22.8 Å². The van der Waals surface area contributed by atoms with Gasteiger partial charge in [0.15, 0.2) is 11.5 Å². The van der Waals surface area contributed by atoms with Crippen molar-refractivity contribution in [2.75, 3.05) is 5.32 Å².